The maximum Gasteiger partial charge on any atom is 0.309 e. The molecule has 1 aliphatic heterocycles. The Bertz CT molecular complexity index is 1180. The number of aryl methyl sites for hydroxylation is 1. The molecule has 0 atom stereocenters. The zero-order valence-electron chi connectivity index (χ0n) is 20.2. The highest BCUT2D eigenvalue weighted by molar-refractivity contribution is 7.09. The van der Waals surface area contributed by atoms with Gasteiger partial charge in [0.05, 0.1) is 18.4 Å². The molecule has 0 aromatic carbocycles. The van der Waals surface area contributed by atoms with E-state index in [-0.39, 0.29) is 11.8 Å². The van der Waals surface area contributed by atoms with Crippen molar-refractivity contribution in [3.8, 4) is 11.3 Å². The van der Waals surface area contributed by atoms with Crippen LogP contribution in [0.15, 0.2) is 46.6 Å². The molecule has 4 aromatic heterocycles. The molecule has 1 N–H and O–H groups in total. The van der Waals surface area contributed by atoms with Crippen molar-refractivity contribution in [3.63, 3.8) is 0 Å². The number of amides is 2. The number of carbonyl (C=O) groups is 2. The molecule has 0 saturated carbocycles. The third-order valence-corrected chi connectivity index (χ3v) is 5.96. The number of piperidine rings is 1. The van der Waals surface area contributed by atoms with Gasteiger partial charge in [0.1, 0.15) is 10.5 Å². The summed E-state index contributed by atoms with van der Waals surface area (Å²) in [6.45, 7) is 8.03. The van der Waals surface area contributed by atoms with Crippen LogP contribution < -0.4 is 5.32 Å². The number of fused-ring (bicyclic) bond motifs is 1. The van der Waals surface area contributed by atoms with Crippen LogP contribution in [0.25, 0.3) is 22.4 Å². The molecule has 1 aliphatic rings. The van der Waals surface area contributed by atoms with Crippen molar-refractivity contribution in [2.24, 2.45) is 0 Å². The van der Waals surface area contributed by atoms with Crippen LogP contribution in [0.4, 0.5) is 0 Å². The van der Waals surface area contributed by atoms with E-state index in [0.717, 1.165) is 47.9 Å². The maximum absolute atomic E-state index is 12.1. The fourth-order valence-electron chi connectivity index (χ4n) is 3.38. The van der Waals surface area contributed by atoms with E-state index in [9.17, 15) is 9.59 Å². The molecular weight excluding hydrogens is 464 g/mol. The molecule has 0 spiro atoms. The maximum atomic E-state index is 12.1. The fourth-order valence-corrected chi connectivity index (χ4v) is 4.13. The quantitative estimate of drug-likeness (QED) is 0.402. The first kappa shape index (κ1) is 26.0. The zero-order chi connectivity index (χ0) is 25.0. The Labute approximate surface area is 208 Å². The van der Waals surface area contributed by atoms with Crippen molar-refractivity contribution >= 4 is 34.8 Å². The third kappa shape index (κ3) is 7.16. The van der Waals surface area contributed by atoms with Crippen LogP contribution in [0.5, 0.6) is 0 Å². The van der Waals surface area contributed by atoms with Crippen LogP contribution in [-0.2, 0) is 11.3 Å². The number of nitrogens with one attached hydrogen (secondary N) is 1. The van der Waals surface area contributed by atoms with Gasteiger partial charge in [-0.2, -0.15) is 0 Å². The second-order valence-electron chi connectivity index (χ2n) is 7.53. The molecule has 0 unspecified atom stereocenters. The summed E-state index contributed by atoms with van der Waals surface area (Å²) >= 11 is 1.53. The summed E-state index contributed by atoms with van der Waals surface area (Å²) in [5, 5.41) is 5.45. The van der Waals surface area contributed by atoms with E-state index >= 15 is 0 Å². The second-order valence-corrected chi connectivity index (χ2v) is 8.47. The molecule has 0 aliphatic carbocycles. The SMILES string of the molecule is CC.Cc1ccc(-c2csc(CNC=O)n2)cn1.O=C(c1nc2cnccc2o1)N1CCCCC1. The summed E-state index contributed by atoms with van der Waals surface area (Å²) in [5.74, 6) is 0.0656. The Morgan fingerprint density at radius 3 is 2.63 bits per heavy atom. The van der Waals surface area contributed by atoms with E-state index < -0.39 is 0 Å². The first-order valence-corrected chi connectivity index (χ1v) is 12.6. The lowest BCUT2D eigenvalue weighted by Gasteiger charge is -2.25. The smallest absolute Gasteiger partial charge is 0.309 e. The van der Waals surface area contributed by atoms with E-state index in [4.69, 9.17) is 4.42 Å². The summed E-state index contributed by atoms with van der Waals surface area (Å²) < 4.78 is 5.44. The Morgan fingerprint density at radius 2 is 1.94 bits per heavy atom. The molecule has 5 heterocycles. The third-order valence-electron chi connectivity index (χ3n) is 5.11. The van der Waals surface area contributed by atoms with Crippen molar-refractivity contribution in [1.82, 2.24) is 30.2 Å². The van der Waals surface area contributed by atoms with E-state index in [1.807, 2.05) is 43.2 Å². The number of likely N-dealkylation sites (tertiary alicyclic amines) is 1. The van der Waals surface area contributed by atoms with Crippen LogP contribution in [0.3, 0.4) is 0 Å². The number of hydrogen-bond acceptors (Lipinski definition) is 8. The number of oxazole rings is 1. The number of carbonyl (C=O) groups excluding carboxylic acids is 2. The molecule has 4 aromatic rings. The van der Waals surface area contributed by atoms with Crippen LogP contribution in [0.1, 0.15) is 54.5 Å². The zero-order valence-corrected chi connectivity index (χ0v) is 21.0. The van der Waals surface area contributed by atoms with Crippen molar-refractivity contribution in [3.05, 3.63) is 58.8 Å². The number of hydrogen-bond donors (Lipinski definition) is 1. The molecule has 0 radical (unpaired) electrons. The number of aromatic nitrogens is 4. The van der Waals surface area contributed by atoms with Crippen LogP contribution in [0.2, 0.25) is 0 Å². The van der Waals surface area contributed by atoms with Crippen LogP contribution >= 0.6 is 11.3 Å². The van der Waals surface area contributed by atoms with Gasteiger partial charge < -0.3 is 14.6 Å². The highest BCUT2D eigenvalue weighted by atomic mass is 32.1. The summed E-state index contributed by atoms with van der Waals surface area (Å²) in [6.07, 6.45) is 9.03. The average molecular weight is 495 g/mol. The van der Waals surface area contributed by atoms with E-state index in [2.05, 4.69) is 25.3 Å². The molecule has 1 saturated heterocycles. The number of nitrogens with zero attached hydrogens (tertiary/aromatic N) is 5. The molecule has 9 nitrogen and oxygen atoms in total. The van der Waals surface area contributed by atoms with E-state index in [1.165, 1.54) is 17.8 Å². The molecule has 35 heavy (non-hydrogen) atoms. The van der Waals surface area contributed by atoms with Crippen molar-refractivity contribution in [2.75, 3.05) is 13.1 Å². The molecule has 184 valence electrons. The monoisotopic (exact) mass is 494 g/mol. The highest BCUT2D eigenvalue weighted by Crippen LogP contribution is 2.21. The lowest BCUT2D eigenvalue weighted by molar-refractivity contribution is -0.109. The lowest BCUT2D eigenvalue weighted by atomic mass is 10.1. The first-order chi connectivity index (χ1) is 17.1. The number of pyridine rings is 2. The molecule has 0 bridgehead atoms. The Hall–Kier alpha value is -3.66. The van der Waals surface area contributed by atoms with Crippen molar-refractivity contribution < 1.29 is 14.0 Å². The van der Waals surface area contributed by atoms with Gasteiger partial charge in [0.15, 0.2) is 5.58 Å². The summed E-state index contributed by atoms with van der Waals surface area (Å²) in [7, 11) is 0. The largest absolute Gasteiger partial charge is 0.432 e. The minimum Gasteiger partial charge on any atom is -0.432 e. The fraction of sp³-hybridized carbons (Fsp3) is 0.360. The Morgan fingerprint density at radius 1 is 1.14 bits per heavy atom. The minimum absolute atomic E-state index is 0.110. The van der Waals surface area contributed by atoms with Gasteiger partial charge in [0.25, 0.3) is 5.89 Å². The normalized spacial score (nSPS) is 12.7. The predicted octanol–water partition coefficient (Wildman–Crippen LogP) is 4.63. The average Bonchev–Trinajstić information content (AvgIpc) is 3.57. The van der Waals surface area contributed by atoms with Crippen LogP contribution in [0, 0.1) is 6.92 Å². The topological polar surface area (TPSA) is 114 Å². The van der Waals surface area contributed by atoms with Crippen molar-refractivity contribution in [2.45, 2.75) is 46.6 Å². The van der Waals surface area contributed by atoms with Gasteiger partial charge in [-0.25, -0.2) is 9.97 Å². The van der Waals surface area contributed by atoms with Crippen LogP contribution in [-0.4, -0.2) is 50.2 Å². The molecule has 5 rings (SSSR count). The lowest BCUT2D eigenvalue weighted by Crippen LogP contribution is -2.35. The summed E-state index contributed by atoms with van der Waals surface area (Å²) in [4.78, 5) is 40.8. The van der Waals surface area contributed by atoms with Gasteiger partial charge >= 0.3 is 5.91 Å². The molecular formula is C25H30N6O3S. The van der Waals surface area contributed by atoms with Crippen molar-refractivity contribution in [1.29, 1.82) is 0 Å². The van der Waals surface area contributed by atoms with Gasteiger partial charge in [0.2, 0.25) is 6.41 Å². The number of thiazole rings is 1. The standard InChI is InChI=1S/C12H13N3O2.C11H11N3OS.C2H6/c16-12(15-6-2-1-3-7-15)11-14-9-8-13-5-4-10(9)17-11;1-8-2-3-9(4-13-8)10-6-16-11(14-10)5-12-7-15;1-2/h4-5,8H,1-3,6-7H2;2-4,6-7H,5H2,1H3,(H,12,15);1-2H3. The molecule has 2 amide bonds. The van der Waals surface area contributed by atoms with Gasteiger partial charge in [-0.15, -0.1) is 11.3 Å². The van der Waals surface area contributed by atoms with E-state index in [0.29, 0.717) is 24.1 Å². The van der Waals surface area contributed by atoms with Gasteiger partial charge in [-0.3, -0.25) is 19.6 Å². The first-order valence-electron chi connectivity index (χ1n) is 11.7. The number of rotatable bonds is 5. The summed E-state index contributed by atoms with van der Waals surface area (Å²) in [5.41, 5.74) is 4.13. The van der Waals surface area contributed by atoms with Gasteiger partial charge in [0, 0.05) is 48.2 Å². The summed E-state index contributed by atoms with van der Waals surface area (Å²) in [6, 6.07) is 5.67. The van der Waals surface area contributed by atoms with Gasteiger partial charge in [-0.05, 0) is 38.3 Å². The Kier molecular flexibility index (Phi) is 9.85. The molecule has 1 fully saturated rings. The minimum atomic E-state index is -0.110. The van der Waals surface area contributed by atoms with Gasteiger partial charge in [-0.1, -0.05) is 13.8 Å². The predicted molar refractivity (Wildman–Crippen MR) is 136 cm³/mol. The second kappa shape index (κ2) is 13.3. The van der Waals surface area contributed by atoms with E-state index in [1.54, 1.807) is 24.7 Å². The molecule has 10 heteroatoms. The Balaban J connectivity index is 0.000000183. The highest BCUT2D eigenvalue weighted by Gasteiger charge is 2.22.